The van der Waals surface area contributed by atoms with Gasteiger partial charge in [-0.3, -0.25) is 4.79 Å². The maximum Gasteiger partial charge on any atom is 0.227 e. The number of carbonyl (C=O) groups excluding carboxylic acids is 2. The number of hydrogen-bond acceptors (Lipinski definition) is 3. The van der Waals surface area contributed by atoms with Crippen molar-refractivity contribution in [1.82, 2.24) is 0 Å². The average Bonchev–Trinajstić information content (AvgIpc) is 2.45. The van der Waals surface area contributed by atoms with Crippen LogP contribution in [0.2, 0.25) is 0 Å². The van der Waals surface area contributed by atoms with Crippen molar-refractivity contribution in [3.63, 3.8) is 0 Å². The molecule has 0 fully saturated rings. The summed E-state index contributed by atoms with van der Waals surface area (Å²) in [5, 5.41) is 11.4. The van der Waals surface area contributed by atoms with Gasteiger partial charge < -0.3 is 15.1 Å². The quantitative estimate of drug-likeness (QED) is 0.522. The number of aldehydes is 1. The predicted molar refractivity (Wildman–Crippen MR) is 49.2 cm³/mol. The second-order valence-electron chi connectivity index (χ2n) is 3.23. The van der Waals surface area contributed by atoms with E-state index in [-0.39, 0.29) is 17.3 Å². The van der Waals surface area contributed by atoms with E-state index >= 15 is 0 Å². The molecule has 4 nitrogen and oxygen atoms in total. The first-order valence-electron chi connectivity index (χ1n) is 4.37. The van der Waals surface area contributed by atoms with Crippen LogP contribution in [0.1, 0.15) is 16.8 Å². The van der Waals surface area contributed by atoms with E-state index in [2.05, 4.69) is 0 Å². The summed E-state index contributed by atoms with van der Waals surface area (Å²) in [6, 6.07) is 5.91. The highest BCUT2D eigenvalue weighted by Crippen LogP contribution is 2.19. The minimum Gasteiger partial charge on any atom is -0.628 e. The molecule has 1 aliphatic rings. The Morgan fingerprint density at radius 1 is 1.43 bits per heavy atom. The molecule has 1 heterocycles. The highest BCUT2D eigenvalue weighted by atomic mass is 16.5. The number of hydrogen-bond donors (Lipinski definition) is 1. The van der Waals surface area contributed by atoms with Gasteiger partial charge in [0.15, 0.2) is 6.04 Å². The Hall–Kier alpha value is -1.52. The SMILES string of the molecule is O=CCC1C(=O)c2ccccc2[NH+]1[O-]. The number of rotatable bonds is 2. The van der Waals surface area contributed by atoms with Gasteiger partial charge in [-0.05, 0) is 6.07 Å². The summed E-state index contributed by atoms with van der Waals surface area (Å²) >= 11 is 0. The summed E-state index contributed by atoms with van der Waals surface area (Å²) in [6.07, 6.45) is 0.610. The summed E-state index contributed by atoms with van der Waals surface area (Å²) in [6.45, 7) is 0. The van der Waals surface area contributed by atoms with E-state index in [4.69, 9.17) is 0 Å². The molecule has 1 aromatic carbocycles. The van der Waals surface area contributed by atoms with Crippen molar-refractivity contribution in [2.24, 2.45) is 0 Å². The molecule has 0 saturated heterocycles. The fourth-order valence-electron chi connectivity index (χ4n) is 1.72. The molecule has 1 aromatic rings. The van der Waals surface area contributed by atoms with Crippen LogP contribution in [0.15, 0.2) is 24.3 Å². The molecule has 0 aliphatic carbocycles. The van der Waals surface area contributed by atoms with Crippen molar-refractivity contribution in [2.45, 2.75) is 12.5 Å². The Kier molecular flexibility index (Phi) is 2.15. The third-order valence-electron chi connectivity index (χ3n) is 2.42. The first kappa shape index (κ1) is 9.05. The van der Waals surface area contributed by atoms with Crippen LogP contribution in [0, 0.1) is 5.21 Å². The van der Waals surface area contributed by atoms with Gasteiger partial charge >= 0.3 is 0 Å². The summed E-state index contributed by atoms with van der Waals surface area (Å²) in [7, 11) is 0. The topological polar surface area (TPSA) is 61.6 Å². The zero-order chi connectivity index (χ0) is 10.1. The lowest BCUT2D eigenvalue weighted by molar-refractivity contribution is -0.789. The molecule has 1 aliphatic heterocycles. The molecule has 2 unspecified atom stereocenters. The molecule has 0 bridgehead atoms. The number of para-hydroxylation sites is 1. The summed E-state index contributed by atoms with van der Waals surface area (Å²) in [4.78, 5) is 21.9. The fourth-order valence-corrected chi connectivity index (χ4v) is 1.72. The molecular weight excluding hydrogens is 182 g/mol. The van der Waals surface area contributed by atoms with Gasteiger partial charge in [0.05, 0.1) is 12.0 Å². The second kappa shape index (κ2) is 3.32. The predicted octanol–water partition coefficient (Wildman–Crippen LogP) is -0.145. The van der Waals surface area contributed by atoms with E-state index in [1.807, 2.05) is 0 Å². The largest absolute Gasteiger partial charge is 0.628 e. The third-order valence-corrected chi connectivity index (χ3v) is 2.42. The van der Waals surface area contributed by atoms with E-state index < -0.39 is 6.04 Å². The van der Waals surface area contributed by atoms with Crippen molar-refractivity contribution in [3.8, 4) is 0 Å². The van der Waals surface area contributed by atoms with Crippen molar-refractivity contribution in [1.29, 1.82) is 0 Å². The Balaban J connectivity index is 2.42. The van der Waals surface area contributed by atoms with E-state index in [9.17, 15) is 14.8 Å². The van der Waals surface area contributed by atoms with Gasteiger partial charge in [0.2, 0.25) is 5.78 Å². The molecule has 0 aromatic heterocycles. The molecule has 2 atom stereocenters. The lowest BCUT2D eigenvalue weighted by Gasteiger charge is -2.21. The number of benzene rings is 1. The third kappa shape index (κ3) is 1.16. The Bertz CT molecular complexity index is 389. The monoisotopic (exact) mass is 191 g/mol. The summed E-state index contributed by atoms with van der Waals surface area (Å²) in [5.41, 5.74) is 0.897. The van der Waals surface area contributed by atoms with Crippen LogP contribution in [0.3, 0.4) is 0 Å². The number of carbonyl (C=O) groups is 2. The molecular formula is C10H9NO3. The molecule has 0 saturated carbocycles. The number of quaternary nitrogens is 1. The maximum absolute atomic E-state index is 11.6. The smallest absolute Gasteiger partial charge is 0.227 e. The number of ketones is 1. The van der Waals surface area contributed by atoms with Crippen LogP contribution in [0.4, 0.5) is 5.69 Å². The van der Waals surface area contributed by atoms with Gasteiger partial charge in [0.1, 0.15) is 12.0 Å². The number of nitrogens with one attached hydrogen (secondary N) is 1. The van der Waals surface area contributed by atoms with Gasteiger partial charge in [-0.1, -0.05) is 12.1 Å². The number of Topliss-reactive ketones (excluding diaryl/α,β-unsaturated/α-hetero) is 1. The number of fused-ring (bicyclic) bond motifs is 1. The van der Waals surface area contributed by atoms with E-state index in [1.54, 1.807) is 24.3 Å². The minimum absolute atomic E-state index is 0.00759. The first-order valence-corrected chi connectivity index (χ1v) is 4.37. The fraction of sp³-hybridized carbons (Fsp3) is 0.200. The molecule has 2 rings (SSSR count). The molecule has 0 radical (unpaired) electrons. The van der Waals surface area contributed by atoms with Gasteiger partial charge in [0.25, 0.3) is 0 Å². The molecule has 72 valence electrons. The summed E-state index contributed by atoms with van der Waals surface area (Å²) in [5.74, 6) is -0.224. The van der Waals surface area contributed by atoms with Crippen LogP contribution in [-0.4, -0.2) is 18.1 Å². The van der Waals surface area contributed by atoms with E-state index in [0.717, 1.165) is 0 Å². The zero-order valence-corrected chi connectivity index (χ0v) is 7.40. The lowest BCUT2D eigenvalue weighted by Crippen LogP contribution is -3.05. The highest BCUT2D eigenvalue weighted by molar-refractivity contribution is 6.05. The van der Waals surface area contributed by atoms with Crippen LogP contribution in [-0.2, 0) is 4.79 Å². The molecule has 1 N–H and O–H groups in total. The molecule has 4 heteroatoms. The van der Waals surface area contributed by atoms with Gasteiger partial charge in [-0.2, -0.15) is 0 Å². The Labute approximate surface area is 80.7 Å². The lowest BCUT2D eigenvalue weighted by atomic mass is 10.1. The van der Waals surface area contributed by atoms with Crippen molar-refractivity contribution in [3.05, 3.63) is 35.0 Å². The standard InChI is InChI=1S/C10H9NO3/c12-6-5-9-10(13)7-3-1-2-4-8(7)11(9)14/h1-4,6,9,11H,5H2. The van der Waals surface area contributed by atoms with Crippen molar-refractivity contribution >= 4 is 17.8 Å². The maximum atomic E-state index is 11.6. The highest BCUT2D eigenvalue weighted by Gasteiger charge is 2.37. The zero-order valence-electron chi connectivity index (χ0n) is 7.40. The molecule has 0 spiro atoms. The average molecular weight is 191 g/mol. The minimum atomic E-state index is -0.773. The summed E-state index contributed by atoms with van der Waals surface area (Å²) < 4.78 is 0. The first-order chi connectivity index (χ1) is 6.75. The second-order valence-corrected chi connectivity index (χ2v) is 3.23. The van der Waals surface area contributed by atoms with Crippen molar-refractivity contribution < 1.29 is 14.7 Å². The van der Waals surface area contributed by atoms with E-state index in [1.165, 1.54) is 0 Å². The normalized spacial score (nSPS) is 24.8. The van der Waals surface area contributed by atoms with Gasteiger partial charge in [-0.15, -0.1) is 0 Å². The van der Waals surface area contributed by atoms with Gasteiger partial charge in [0, 0.05) is 6.07 Å². The molecule has 0 amide bonds. The Morgan fingerprint density at radius 2 is 2.14 bits per heavy atom. The van der Waals surface area contributed by atoms with Crippen LogP contribution in [0.5, 0.6) is 0 Å². The molecule has 14 heavy (non-hydrogen) atoms. The van der Waals surface area contributed by atoms with Crippen LogP contribution >= 0.6 is 0 Å². The van der Waals surface area contributed by atoms with E-state index in [0.29, 0.717) is 17.5 Å². The Morgan fingerprint density at radius 3 is 2.79 bits per heavy atom. The number of hydroxylamine groups is 1. The van der Waals surface area contributed by atoms with Crippen LogP contribution < -0.4 is 5.06 Å². The van der Waals surface area contributed by atoms with Crippen molar-refractivity contribution in [2.75, 3.05) is 0 Å². The van der Waals surface area contributed by atoms with Crippen LogP contribution in [0.25, 0.3) is 0 Å². The van der Waals surface area contributed by atoms with Gasteiger partial charge in [-0.25, -0.2) is 0 Å².